The Balaban J connectivity index is 2.02. The number of benzene rings is 2. The van der Waals surface area contributed by atoms with Crippen LogP contribution in [0.15, 0.2) is 42.5 Å². The fourth-order valence-electron chi connectivity index (χ4n) is 2.53. The first-order valence-corrected chi connectivity index (χ1v) is 9.02. The zero-order valence-electron chi connectivity index (χ0n) is 12.5. The van der Waals surface area contributed by atoms with Gasteiger partial charge in [0, 0.05) is 21.3 Å². The largest absolute Gasteiger partial charge is 0.493 e. The molecule has 1 saturated heterocycles. The molecule has 3 rings (SSSR count). The lowest BCUT2D eigenvalue weighted by atomic mass is 10.1. The van der Waals surface area contributed by atoms with Gasteiger partial charge in [-0.15, -0.1) is 11.8 Å². The molecule has 1 heterocycles. The van der Waals surface area contributed by atoms with Gasteiger partial charge in [0.25, 0.3) is 0 Å². The Kier molecular flexibility index (Phi) is 5.05. The maximum atomic E-state index is 12.4. The predicted molar refractivity (Wildman–Crippen MR) is 96.8 cm³/mol. The van der Waals surface area contributed by atoms with Gasteiger partial charge < -0.3 is 4.74 Å². The number of anilines is 1. The highest BCUT2D eigenvalue weighted by atomic mass is 35.5. The Morgan fingerprint density at radius 3 is 2.57 bits per heavy atom. The summed E-state index contributed by atoms with van der Waals surface area (Å²) < 4.78 is 5.71. The van der Waals surface area contributed by atoms with Crippen molar-refractivity contribution in [2.45, 2.75) is 12.3 Å². The van der Waals surface area contributed by atoms with Crippen LogP contribution < -0.4 is 9.64 Å². The van der Waals surface area contributed by atoms with Crippen LogP contribution in [0.4, 0.5) is 5.69 Å². The quantitative estimate of drug-likeness (QED) is 0.746. The van der Waals surface area contributed by atoms with E-state index >= 15 is 0 Å². The van der Waals surface area contributed by atoms with Crippen molar-refractivity contribution in [1.82, 2.24) is 0 Å². The third-order valence-electron chi connectivity index (χ3n) is 3.51. The van der Waals surface area contributed by atoms with Gasteiger partial charge >= 0.3 is 0 Å². The van der Waals surface area contributed by atoms with Gasteiger partial charge in [-0.1, -0.05) is 23.2 Å². The van der Waals surface area contributed by atoms with Gasteiger partial charge in [0.05, 0.1) is 12.4 Å². The average Bonchev–Trinajstić information content (AvgIpc) is 2.92. The summed E-state index contributed by atoms with van der Waals surface area (Å²) in [6.45, 7) is 2.49. The lowest BCUT2D eigenvalue weighted by Gasteiger charge is -2.26. The standard InChI is InChI=1S/C17H15Cl2NO2S/c1-2-22-15-8-5-12(19)9-14(15)17-20(16(21)10-23-17)13-6-3-11(18)4-7-13/h3-9,17H,2,10H2,1H3/t17-/m0/s1. The van der Waals surface area contributed by atoms with Crippen molar-refractivity contribution in [2.24, 2.45) is 0 Å². The molecule has 0 aromatic heterocycles. The van der Waals surface area contributed by atoms with Crippen LogP contribution in [0.1, 0.15) is 17.9 Å². The number of thioether (sulfide) groups is 1. The van der Waals surface area contributed by atoms with Crippen molar-refractivity contribution in [3.8, 4) is 5.75 Å². The summed E-state index contributed by atoms with van der Waals surface area (Å²) in [6, 6.07) is 12.8. The second kappa shape index (κ2) is 7.04. The van der Waals surface area contributed by atoms with E-state index in [0.717, 1.165) is 17.0 Å². The Hall–Kier alpha value is -1.36. The number of halogens is 2. The normalized spacial score (nSPS) is 17.6. The minimum absolute atomic E-state index is 0.0600. The SMILES string of the molecule is CCOc1ccc(Cl)cc1[C@@H]1SCC(=O)N1c1ccc(Cl)cc1. The molecule has 0 saturated carbocycles. The number of nitrogens with zero attached hydrogens (tertiary/aromatic N) is 1. The highest BCUT2D eigenvalue weighted by Crippen LogP contribution is 2.45. The topological polar surface area (TPSA) is 29.5 Å². The van der Waals surface area contributed by atoms with Crippen LogP contribution in [-0.4, -0.2) is 18.3 Å². The summed E-state index contributed by atoms with van der Waals surface area (Å²) in [7, 11) is 0. The minimum Gasteiger partial charge on any atom is -0.493 e. The van der Waals surface area contributed by atoms with Crippen LogP contribution in [0, 0.1) is 0 Å². The molecular formula is C17H15Cl2NO2S. The summed E-state index contributed by atoms with van der Waals surface area (Å²) in [6.07, 6.45) is 0. The zero-order chi connectivity index (χ0) is 16.4. The van der Waals surface area contributed by atoms with Gasteiger partial charge in [0.15, 0.2) is 0 Å². The van der Waals surface area contributed by atoms with E-state index in [9.17, 15) is 4.79 Å². The molecule has 1 amide bonds. The minimum atomic E-state index is -0.163. The van der Waals surface area contributed by atoms with Gasteiger partial charge in [0.2, 0.25) is 5.91 Å². The fourth-order valence-corrected chi connectivity index (χ4v) is 4.03. The second-order valence-corrected chi connectivity index (χ2v) is 6.96. The van der Waals surface area contributed by atoms with Crippen molar-refractivity contribution in [2.75, 3.05) is 17.3 Å². The van der Waals surface area contributed by atoms with Gasteiger partial charge in [-0.05, 0) is 49.4 Å². The van der Waals surface area contributed by atoms with Gasteiger partial charge in [-0.25, -0.2) is 0 Å². The molecule has 3 nitrogen and oxygen atoms in total. The molecule has 120 valence electrons. The van der Waals surface area contributed by atoms with Gasteiger partial charge in [0.1, 0.15) is 11.1 Å². The van der Waals surface area contributed by atoms with E-state index < -0.39 is 0 Å². The summed E-state index contributed by atoms with van der Waals surface area (Å²) >= 11 is 13.7. The van der Waals surface area contributed by atoms with Crippen LogP contribution in [-0.2, 0) is 4.79 Å². The van der Waals surface area contributed by atoms with Crippen LogP contribution in [0.2, 0.25) is 10.0 Å². The van der Waals surface area contributed by atoms with Crippen LogP contribution in [0.5, 0.6) is 5.75 Å². The van der Waals surface area contributed by atoms with E-state index in [1.807, 2.05) is 31.2 Å². The Morgan fingerprint density at radius 2 is 1.87 bits per heavy atom. The first-order valence-electron chi connectivity index (χ1n) is 7.21. The first-order chi connectivity index (χ1) is 11.1. The van der Waals surface area contributed by atoms with E-state index in [-0.39, 0.29) is 11.3 Å². The van der Waals surface area contributed by atoms with E-state index in [0.29, 0.717) is 22.4 Å². The third-order valence-corrected chi connectivity index (χ3v) is 5.19. The van der Waals surface area contributed by atoms with Crippen LogP contribution >= 0.6 is 35.0 Å². The molecule has 0 bridgehead atoms. The van der Waals surface area contributed by atoms with Crippen LogP contribution in [0.3, 0.4) is 0 Å². The maximum Gasteiger partial charge on any atom is 0.238 e. The monoisotopic (exact) mass is 367 g/mol. The van der Waals surface area contributed by atoms with Crippen molar-refractivity contribution in [1.29, 1.82) is 0 Å². The number of ether oxygens (including phenoxy) is 1. The molecular weight excluding hydrogens is 353 g/mol. The molecule has 0 N–H and O–H groups in total. The third kappa shape index (κ3) is 3.44. The molecule has 2 aromatic rings. The highest BCUT2D eigenvalue weighted by Gasteiger charge is 2.35. The summed E-state index contributed by atoms with van der Waals surface area (Å²) in [4.78, 5) is 14.2. The summed E-state index contributed by atoms with van der Waals surface area (Å²) in [5, 5.41) is 1.10. The van der Waals surface area contributed by atoms with E-state index in [2.05, 4.69) is 0 Å². The second-order valence-electron chi connectivity index (χ2n) is 5.02. The van der Waals surface area contributed by atoms with Crippen LogP contribution in [0.25, 0.3) is 0 Å². The van der Waals surface area contributed by atoms with Crippen molar-refractivity contribution < 1.29 is 9.53 Å². The Morgan fingerprint density at radius 1 is 1.17 bits per heavy atom. The van der Waals surface area contributed by atoms with E-state index in [1.165, 1.54) is 0 Å². The molecule has 0 aliphatic carbocycles. The molecule has 0 spiro atoms. The number of carbonyl (C=O) groups excluding carboxylic acids is 1. The first kappa shape index (κ1) is 16.5. The maximum absolute atomic E-state index is 12.4. The average molecular weight is 368 g/mol. The molecule has 1 aliphatic rings. The van der Waals surface area contributed by atoms with E-state index in [4.69, 9.17) is 27.9 Å². The van der Waals surface area contributed by atoms with Crippen molar-refractivity contribution >= 4 is 46.6 Å². The number of hydrogen-bond acceptors (Lipinski definition) is 3. The molecule has 1 atom stereocenters. The highest BCUT2D eigenvalue weighted by molar-refractivity contribution is 8.00. The molecule has 1 aliphatic heterocycles. The number of carbonyl (C=O) groups is 1. The number of rotatable bonds is 4. The van der Waals surface area contributed by atoms with Crippen molar-refractivity contribution in [3.63, 3.8) is 0 Å². The lowest BCUT2D eigenvalue weighted by molar-refractivity contribution is -0.115. The summed E-state index contributed by atoms with van der Waals surface area (Å²) in [5.74, 6) is 1.23. The molecule has 2 aromatic carbocycles. The van der Waals surface area contributed by atoms with Gasteiger partial charge in [-0.3, -0.25) is 9.69 Å². The molecule has 6 heteroatoms. The summed E-state index contributed by atoms with van der Waals surface area (Å²) in [5.41, 5.74) is 1.72. The fraction of sp³-hybridized carbons (Fsp3) is 0.235. The molecule has 0 unspecified atom stereocenters. The van der Waals surface area contributed by atoms with E-state index in [1.54, 1.807) is 34.9 Å². The molecule has 23 heavy (non-hydrogen) atoms. The number of hydrogen-bond donors (Lipinski definition) is 0. The zero-order valence-corrected chi connectivity index (χ0v) is 14.8. The van der Waals surface area contributed by atoms with Crippen molar-refractivity contribution in [3.05, 3.63) is 58.1 Å². The molecule has 1 fully saturated rings. The van der Waals surface area contributed by atoms with Gasteiger partial charge in [-0.2, -0.15) is 0 Å². The number of amides is 1. The Labute approximate surface area is 149 Å². The lowest BCUT2D eigenvalue weighted by Crippen LogP contribution is -2.28. The predicted octanol–water partition coefficient (Wildman–Crippen LogP) is 5.17. The Bertz CT molecular complexity index is 721. The molecule has 0 radical (unpaired) electrons. The smallest absolute Gasteiger partial charge is 0.238 e.